The maximum atomic E-state index is 10.5. The van der Waals surface area contributed by atoms with Gasteiger partial charge in [0.05, 0.1) is 10.6 Å². The van der Waals surface area contributed by atoms with Crippen molar-refractivity contribution in [2.24, 2.45) is 5.84 Å². The lowest BCUT2D eigenvalue weighted by molar-refractivity contribution is -0.384. The Morgan fingerprint density at radius 1 is 1.26 bits per heavy atom. The standard InChI is InChI=1S/C12H12N4O3/c13-15-12-3-1-2-9(14-12)8-19-11-6-4-10(5-7-11)16(17)18/h1-7H,8,13H2,(H,14,15). The van der Waals surface area contributed by atoms with Crippen molar-refractivity contribution < 1.29 is 9.66 Å². The fraction of sp³-hybridized carbons (Fsp3) is 0.0833. The molecular weight excluding hydrogens is 248 g/mol. The van der Waals surface area contributed by atoms with E-state index in [4.69, 9.17) is 10.6 Å². The summed E-state index contributed by atoms with van der Waals surface area (Å²) in [6, 6.07) is 11.2. The van der Waals surface area contributed by atoms with E-state index < -0.39 is 4.92 Å². The predicted molar refractivity (Wildman–Crippen MR) is 69.5 cm³/mol. The van der Waals surface area contributed by atoms with Gasteiger partial charge in [0, 0.05) is 12.1 Å². The summed E-state index contributed by atoms with van der Waals surface area (Å²) in [5.74, 6) is 6.34. The molecule has 0 radical (unpaired) electrons. The van der Waals surface area contributed by atoms with E-state index in [0.29, 0.717) is 17.3 Å². The Morgan fingerprint density at radius 3 is 2.63 bits per heavy atom. The van der Waals surface area contributed by atoms with Crippen LogP contribution in [0.4, 0.5) is 11.5 Å². The number of nitro benzene ring substituents is 1. The van der Waals surface area contributed by atoms with Crippen LogP contribution in [0.15, 0.2) is 42.5 Å². The molecule has 98 valence electrons. The highest BCUT2D eigenvalue weighted by Crippen LogP contribution is 2.18. The molecule has 7 nitrogen and oxygen atoms in total. The molecule has 0 aliphatic heterocycles. The molecule has 0 amide bonds. The summed E-state index contributed by atoms with van der Waals surface area (Å²) in [6.45, 7) is 0.257. The average Bonchev–Trinajstić information content (AvgIpc) is 2.46. The number of nitrogens with zero attached hydrogens (tertiary/aromatic N) is 2. The second-order valence-corrected chi connectivity index (χ2v) is 3.70. The number of anilines is 1. The van der Waals surface area contributed by atoms with E-state index in [1.54, 1.807) is 30.3 Å². The number of nitrogens with two attached hydrogens (primary N) is 1. The molecule has 0 saturated carbocycles. The molecule has 1 heterocycles. The van der Waals surface area contributed by atoms with E-state index in [1.807, 2.05) is 0 Å². The molecule has 0 aliphatic rings. The molecule has 0 saturated heterocycles. The first kappa shape index (κ1) is 12.8. The van der Waals surface area contributed by atoms with Gasteiger partial charge in [-0.05, 0) is 24.3 Å². The first-order valence-corrected chi connectivity index (χ1v) is 5.49. The lowest BCUT2D eigenvalue weighted by atomic mass is 10.3. The van der Waals surface area contributed by atoms with Crippen LogP contribution in [-0.4, -0.2) is 9.91 Å². The van der Waals surface area contributed by atoms with Gasteiger partial charge in [-0.1, -0.05) is 6.07 Å². The van der Waals surface area contributed by atoms with Crippen molar-refractivity contribution in [2.45, 2.75) is 6.61 Å². The number of nitrogens with one attached hydrogen (secondary N) is 1. The number of hydrogen-bond donors (Lipinski definition) is 2. The summed E-state index contributed by atoms with van der Waals surface area (Å²) < 4.78 is 5.47. The van der Waals surface area contributed by atoms with Gasteiger partial charge in [0.2, 0.25) is 0 Å². The number of aromatic nitrogens is 1. The van der Waals surface area contributed by atoms with Gasteiger partial charge >= 0.3 is 0 Å². The molecular formula is C12H12N4O3. The van der Waals surface area contributed by atoms with Crippen molar-refractivity contribution in [3.8, 4) is 5.75 Å². The molecule has 2 aromatic rings. The highest BCUT2D eigenvalue weighted by Gasteiger charge is 2.04. The van der Waals surface area contributed by atoms with Gasteiger partial charge in [0.1, 0.15) is 18.2 Å². The first-order valence-electron chi connectivity index (χ1n) is 5.49. The summed E-state index contributed by atoms with van der Waals surface area (Å²) in [5.41, 5.74) is 3.17. The van der Waals surface area contributed by atoms with Crippen LogP contribution in [0.2, 0.25) is 0 Å². The highest BCUT2D eigenvalue weighted by atomic mass is 16.6. The highest BCUT2D eigenvalue weighted by molar-refractivity contribution is 5.36. The Balaban J connectivity index is 1.99. The van der Waals surface area contributed by atoms with Crippen LogP contribution in [-0.2, 0) is 6.61 Å². The number of non-ortho nitro benzene ring substituents is 1. The van der Waals surface area contributed by atoms with Gasteiger partial charge in [-0.3, -0.25) is 10.1 Å². The van der Waals surface area contributed by atoms with E-state index in [2.05, 4.69) is 10.4 Å². The third kappa shape index (κ3) is 3.39. The number of ether oxygens (including phenoxy) is 1. The second kappa shape index (κ2) is 5.78. The van der Waals surface area contributed by atoms with Crippen molar-refractivity contribution in [3.05, 3.63) is 58.3 Å². The quantitative estimate of drug-likeness (QED) is 0.483. The second-order valence-electron chi connectivity index (χ2n) is 3.70. The Hall–Kier alpha value is -2.67. The third-order valence-electron chi connectivity index (χ3n) is 2.39. The first-order chi connectivity index (χ1) is 9.19. The van der Waals surface area contributed by atoms with Crippen LogP contribution in [0.3, 0.4) is 0 Å². The maximum absolute atomic E-state index is 10.5. The van der Waals surface area contributed by atoms with Gasteiger partial charge in [0.15, 0.2) is 0 Å². The van der Waals surface area contributed by atoms with Crippen LogP contribution in [0, 0.1) is 10.1 Å². The lowest BCUT2D eigenvalue weighted by Gasteiger charge is -2.06. The van der Waals surface area contributed by atoms with E-state index in [0.717, 1.165) is 0 Å². The summed E-state index contributed by atoms with van der Waals surface area (Å²) in [6.07, 6.45) is 0. The van der Waals surface area contributed by atoms with Gasteiger partial charge in [0.25, 0.3) is 5.69 Å². The van der Waals surface area contributed by atoms with E-state index in [1.165, 1.54) is 12.1 Å². The summed E-state index contributed by atoms with van der Waals surface area (Å²) >= 11 is 0. The SMILES string of the molecule is NNc1cccc(COc2ccc([N+](=O)[O-])cc2)n1. The molecule has 0 bridgehead atoms. The number of hydrogen-bond acceptors (Lipinski definition) is 6. The summed E-state index contributed by atoms with van der Waals surface area (Å²) in [7, 11) is 0. The monoisotopic (exact) mass is 260 g/mol. The molecule has 7 heteroatoms. The minimum absolute atomic E-state index is 0.0276. The van der Waals surface area contributed by atoms with Crippen LogP contribution in [0.1, 0.15) is 5.69 Å². The van der Waals surface area contributed by atoms with Crippen molar-refractivity contribution in [1.82, 2.24) is 4.98 Å². The number of benzene rings is 1. The maximum Gasteiger partial charge on any atom is 0.269 e. The Kier molecular flexibility index (Phi) is 3.89. The molecule has 19 heavy (non-hydrogen) atoms. The number of nitro groups is 1. The molecule has 1 aromatic heterocycles. The Labute approximate surface area is 109 Å². The fourth-order valence-electron chi connectivity index (χ4n) is 1.46. The van der Waals surface area contributed by atoms with Gasteiger partial charge in [-0.25, -0.2) is 10.8 Å². The Bertz CT molecular complexity index is 571. The van der Waals surface area contributed by atoms with Crippen LogP contribution < -0.4 is 16.0 Å². The Morgan fingerprint density at radius 2 is 2.00 bits per heavy atom. The van der Waals surface area contributed by atoms with Crippen molar-refractivity contribution in [2.75, 3.05) is 5.43 Å². The summed E-state index contributed by atoms with van der Waals surface area (Å²) in [4.78, 5) is 14.2. The van der Waals surface area contributed by atoms with Crippen molar-refractivity contribution in [1.29, 1.82) is 0 Å². The zero-order chi connectivity index (χ0) is 13.7. The molecule has 0 unspecified atom stereocenters. The van der Waals surface area contributed by atoms with Crippen LogP contribution in [0.5, 0.6) is 5.75 Å². The van der Waals surface area contributed by atoms with Crippen molar-refractivity contribution in [3.63, 3.8) is 0 Å². The lowest BCUT2D eigenvalue weighted by Crippen LogP contribution is -2.09. The van der Waals surface area contributed by atoms with Crippen LogP contribution >= 0.6 is 0 Å². The largest absolute Gasteiger partial charge is 0.487 e. The van der Waals surface area contributed by atoms with Crippen LogP contribution in [0.25, 0.3) is 0 Å². The molecule has 0 fully saturated rings. The molecule has 1 aromatic carbocycles. The topological polar surface area (TPSA) is 103 Å². The van der Waals surface area contributed by atoms with E-state index >= 15 is 0 Å². The smallest absolute Gasteiger partial charge is 0.269 e. The normalized spacial score (nSPS) is 9.95. The summed E-state index contributed by atoms with van der Waals surface area (Å²) in [5, 5.41) is 10.5. The molecule has 0 aliphatic carbocycles. The molecule has 2 rings (SSSR count). The number of pyridine rings is 1. The molecule has 3 N–H and O–H groups in total. The number of rotatable bonds is 5. The fourth-order valence-corrected chi connectivity index (χ4v) is 1.46. The zero-order valence-corrected chi connectivity index (χ0v) is 9.95. The minimum atomic E-state index is -0.457. The predicted octanol–water partition coefficient (Wildman–Crippen LogP) is 1.85. The van der Waals surface area contributed by atoms with Crippen molar-refractivity contribution >= 4 is 11.5 Å². The van der Waals surface area contributed by atoms with Gasteiger partial charge in [-0.2, -0.15) is 0 Å². The van der Waals surface area contributed by atoms with E-state index in [9.17, 15) is 10.1 Å². The molecule has 0 atom stereocenters. The zero-order valence-electron chi connectivity index (χ0n) is 9.95. The minimum Gasteiger partial charge on any atom is -0.487 e. The van der Waals surface area contributed by atoms with Gasteiger partial charge < -0.3 is 10.2 Å². The number of nitrogen functional groups attached to an aromatic ring is 1. The van der Waals surface area contributed by atoms with E-state index in [-0.39, 0.29) is 12.3 Å². The molecule has 0 spiro atoms. The third-order valence-corrected chi connectivity index (χ3v) is 2.39. The average molecular weight is 260 g/mol. The van der Waals surface area contributed by atoms with Gasteiger partial charge in [-0.15, -0.1) is 0 Å². The number of hydrazine groups is 1.